The van der Waals surface area contributed by atoms with Crippen LogP contribution in [0.15, 0.2) is 60.1 Å². The van der Waals surface area contributed by atoms with Gasteiger partial charge in [-0.3, -0.25) is 19.3 Å². The van der Waals surface area contributed by atoms with Crippen LogP contribution in [-0.4, -0.2) is 20.2 Å². The Bertz CT molecular complexity index is 1180. The predicted octanol–water partition coefficient (Wildman–Crippen LogP) is 4.46. The van der Waals surface area contributed by atoms with E-state index in [1.807, 2.05) is 46.3 Å². The number of benzene rings is 2. The van der Waals surface area contributed by atoms with Crippen LogP contribution >= 0.6 is 11.3 Å². The summed E-state index contributed by atoms with van der Waals surface area (Å²) in [5.41, 5.74) is 3.55. The molecule has 0 aliphatic heterocycles. The molecule has 1 amide bonds. The van der Waals surface area contributed by atoms with E-state index in [2.05, 4.69) is 10.3 Å². The third kappa shape index (κ3) is 3.37. The minimum atomic E-state index is -0.454. The van der Waals surface area contributed by atoms with Crippen LogP contribution in [-0.2, 0) is 11.2 Å². The summed E-state index contributed by atoms with van der Waals surface area (Å²) in [5, 5.41) is 15.7. The molecule has 4 rings (SSSR count). The van der Waals surface area contributed by atoms with Gasteiger partial charge in [0, 0.05) is 28.9 Å². The number of imidazole rings is 1. The monoisotopic (exact) mass is 392 g/mol. The van der Waals surface area contributed by atoms with Crippen molar-refractivity contribution in [3.63, 3.8) is 0 Å². The SMILES string of the molecule is Cc1c(NC(=O)Cc2csc3nc(-c4ccccc4)cn23)cccc1[N+](=O)[O-]. The number of anilines is 1. The largest absolute Gasteiger partial charge is 0.325 e. The summed E-state index contributed by atoms with van der Waals surface area (Å²) in [6.45, 7) is 1.62. The number of nitrogens with one attached hydrogen (secondary N) is 1. The van der Waals surface area contributed by atoms with Crippen LogP contribution in [0.25, 0.3) is 16.2 Å². The second kappa shape index (κ2) is 7.24. The van der Waals surface area contributed by atoms with Crippen molar-refractivity contribution in [3.05, 3.63) is 81.5 Å². The zero-order chi connectivity index (χ0) is 19.7. The number of hydrogen-bond acceptors (Lipinski definition) is 5. The standard InChI is InChI=1S/C20H16N4O3S/c1-13-16(8-5-9-18(13)24(26)27)21-19(25)10-15-12-28-20-22-17(11-23(15)20)14-6-3-2-4-7-14/h2-9,11-12H,10H2,1H3,(H,21,25). The summed E-state index contributed by atoms with van der Waals surface area (Å²) in [4.78, 5) is 28.6. The Morgan fingerprint density at radius 3 is 2.75 bits per heavy atom. The molecule has 2 heterocycles. The van der Waals surface area contributed by atoms with Gasteiger partial charge >= 0.3 is 0 Å². The molecular weight excluding hydrogens is 376 g/mol. The normalized spacial score (nSPS) is 10.9. The van der Waals surface area contributed by atoms with E-state index in [9.17, 15) is 14.9 Å². The van der Waals surface area contributed by atoms with Gasteiger partial charge in [-0.2, -0.15) is 0 Å². The minimum Gasteiger partial charge on any atom is -0.325 e. The van der Waals surface area contributed by atoms with E-state index in [-0.39, 0.29) is 18.0 Å². The molecule has 0 bridgehead atoms. The van der Waals surface area contributed by atoms with E-state index in [0.717, 1.165) is 21.9 Å². The van der Waals surface area contributed by atoms with Crippen molar-refractivity contribution in [3.8, 4) is 11.3 Å². The molecular formula is C20H16N4O3S. The molecule has 28 heavy (non-hydrogen) atoms. The Balaban J connectivity index is 1.55. The molecule has 8 heteroatoms. The highest BCUT2D eigenvalue weighted by Gasteiger charge is 2.16. The molecule has 7 nitrogen and oxygen atoms in total. The summed E-state index contributed by atoms with van der Waals surface area (Å²) < 4.78 is 1.91. The number of rotatable bonds is 5. The van der Waals surface area contributed by atoms with Crippen LogP contribution in [0.5, 0.6) is 0 Å². The zero-order valence-corrected chi connectivity index (χ0v) is 15.8. The highest BCUT2D eigenvalue weighted by Crippen LogP contribution is 2.26. The van der Waals surface area contributed by atoms with Gasteiger partial charge in [0.2, 0.25) is 5.91 Å². The summed E-state index contributed by atoms with van der Waals surface area (Å²) in [7, 11) is 0. The molecule has 0 aliphatic rings. The van der Waals surface area contributed by atoms with Crippen molar-refractivity contribution >= 4 is 33.6 Å². The number of carbonyl (C=O) groups is 1. The van der Waals surface area contributed by atoms with Crippen LogP contribution in [0.3, 0.4) is 0 Å². The first-order valence-corrected chi connectivity index (χ1v) is 9.45. The fourth-order valence-electron chi connectivity index (χ4n) is 3.02. The molecule has 1 N–H and O–H groups in total. The Morgan fingerprint density at radius 1 is 1.21 bits per heavy atom. The highest BCUT2D eigenvalue weighted by atomic mass is 32.1. The van der Waals surface area contributed by atoms with Crippen LogP contribution in [0.2, 0.25) is 0 Å². The number of amides is 1. The average molecular weight is 392 g/mol. The van der Waals surface area contributed by atoms with Crippen molar-refractivity contribution in [2.45, 2.75) is 13.3 Å². The zero-order valence-electron chi connectivity index (χ0n) is 15.0. The van der Waals surface area contributed by atoms with Gasteiger partial charge in [-0.05, 0) is 13.0 Å². The maximum Gasteiger partial charge on any atom is 0.274 e. The van der Waals surface area contributed by atoms with Crippen LogP contribution < -0.4 is 5.32 Å². The topological polar surface area (TPSA) is 89.5 Å². The molecule has 0 saturated carbocycles. The van der Waals surface area contributed by atoms with Gasteiger partial charge < -0.3 is 5.32 Å². The lowest BCUT2D eigenvalue weighted by atomic mass is 10.1. The van der Waals surface area contributed by atoms with Crippen LogP contribution in [0.4, 0.5) is 11.4 Å². The molecule has 2 aromatic carbocycles. The maximum atomic E-state index is 12.5. The first kappa shape index (κ1) is 17.9. The van der Waals surface area contributed by atoms with Crippen molar-refractivity contribution in [2.24, 2.45) is 0 Å². The number of aromatic nitrogens is 2. The van der Waals surface area contributed by atoms with Crippen molar-refractivity contribution in [2.75, 3.05) is 5.32 Å². The van der Waals surface area contributed by atoms with Crippen LogP contribution in [0.1, 0.15) is 11.3 Å². The lowest BCUT2D eigenvalue weighted by Gasteiger charge is -2.08. The van der Waals surface area contributed by atoms with Gasteiger partial charge in [0.25, 0.3) is 5.69 Å². The Hall–Kier alpha value is -3.52. The third-order valence-corrected chi connectivity index (χ3v) is 5.36. The molecule has 0 spiro atoms. The van der Waals surface area contributed by atoms with Crippen molar-refractivity contribution in [1.29, 1.82) is 0 Å². The van der Waals surface area contributed by atoms with E-state index in [1.165, 1.54) is 17.4 Å². The van der Waals surface area contributed by atoms with E-state index in [1.54, 1.807) is 19.1 Å². The van der Waals surface area contributed by atoms with Gasteiger partial charge in [-0.15, -0.1) is 11.3 Å². The number of fused-ring (bicyclic) bond motifs is 1. The maximum absolute atomic E-state index is 12.5. The predicted molar refractivity (Wildman–Crippen MR) is 109 cm³/mol. The Morgan fingerprint density at radius 2 is 2.00 bits per heavy atom. The second-order valence-electron chi connectivity index (χ2n) is 6.30. The second-order valence-corrected chi connectivity index (χ2v) is 7.14. The molecule has 0 atom stereocenters. The summed E-state index contributed by atoms with van der Waals surface area (Å²) in [6, 6.07) is 14.5. The van der Waals surface area contributed by atoms with E-state index >= 15 is 0 Å². The highest BCUT2D eigenvalue weighted by molar-refractivity contribution is 7.15. The fraction of sp³-hybridized carbons (Fsp3) is 0.100. The number of thiazole rings is 1. The first-order chi connectivity index (χ1) is 13.5. The molecule has 0 radical (unpaired) electrons. The molecule has 0 unspecified atom stereocenters. The molecule has 0 saturated heterocycles. The Kier molecular flexibility index (Phi) is 4.62. The van der Waals surface area contributed by atoms with Crippen LogP contribution in [0, 0.1) is 17.0 Å². The van der Waals surface area contributed by atoms with Gasteiger partial charge in [-0.1, -0.05) is 36.4 Å². The van der Waals surface area contributed by atoms with Gasteiger partial charge in [-0.25, -0.2) is 4.98 Å². The molecule has 0 aliphatic carbocycles. The number of nitrogens with zero attached hydrogens (tertiary/aromatic N) is 3. The van der Waals surface area contributed by atoms with Crippen molar-refractivity contribution < 1.29 is 9.72 Å². The molecule has 4 aromatic rings. The van der Waals surface area contributed by atoms with Gasteiger partial charge in [0.1, 0.15) is 0 Å². The average Bonchev–Trinajstić information content (AvgIpc) is 3.26. The van der Waals surface area contributed by atoms with E-state index in [0.29, 0.717) is 11.3 Å². The third-order valence-electron chi connectivity index (χ3n) is 4.47. The summed E-state index contributed by atoms with van der Waals surface area (Å²) in [5.74, 6) is -0.238. The minimum absolute atomic E-state index is 0.0159. The van der Waals surface area contributed by atoms with E-state index < -0.39 is 4.92 Å². The number of nitro benzene ring substituents is 1. The smallest absolute Gasteiger partial charge is 0.274 e. The first-order valence-electron chi connectivity index (χ1n) is 8.57. The van der Waals surface area contributed by atoms with Crippen molar-refractivity contribution in [1.82, 2.24) is 9.38 Å². The lowest BCUT2D eigenvalue weighted by Crippen LogP contribution is -2.16. The number of hydrogen-bond donors (Lipinski definition) is 1. The number of nitro groups is 1. The molecule has 140 valence electrons. The van der Waals surface area contributed by atoms with Gasteiger partial charge in [0.15, 0.2) is 4.96 Å². The molecule has 0 fully saturated rings. The van der Waals surface area contributed by atoms with E-state index in [4.69, 9.17) is 0 Å². The Labute approximate surface area is 164 Å². The lowest BCUT2D eigenvalue weighted by molar-refractivity contribution is -0.385. The number of carbonyl (C=O) groups excluding carboxylic acids is 1. The molecule has 2 aromatic heterocycles. The summed E-state index contributed by atoms with van der Waals surface area (Å²) >= 11 is 1.47. The van der Waals surface area contributed by atoms with Gasteiger partial charge in [0.05, 0.1) is 28.3 Å². The quantitative estimate of drug-likeness (QED) is 0.401. The summed E-state index contributed by atoms with van der Waals surface area (Å²) in [6.07, 6.45) is 2.06. The fourth-order valence-corrected chi connectivity index (χ4v) is 3.89.